The van der Waals surface area contributed by atoms with Gasteiger partial charge < -0.3 is 10.4 Å². The maximum atomic E-state index is 12.0. The Morgan fingerprint density at radius 3 is 2.40 bits per heavy atom. The average molecular weight is 296 g/mol. The molecule has 110 valence electrons. The second-order valence-corrected chi connectivity index (χ2v) is 7.08. The molecule has 0 aromatic heterocycles. The maximum absolute atomic E-state index is 12.0. The number of hydrogen-bond acceptors (Lipinski definition) is 5. The average Bonchev–Trinajstić information content (AvgIpc) is 2.43. The van der Waals surface area contributed by atoms with Gasteiger partial charge in [0.05, 0.1) is 28.4 Å². The molecule has 2 N–H and O–H groups in total. The molecule has 1 aromatic carbocycles. The van der Waals surface area contributed by atoms with E-state index in [1.54, 1.807) is 0 Å². The van der Waals surface area contributed by atoms with Crippen molar-refractivity contribution < 1.29 is 13.5 Å². The van der Waals surface area contributed by atoms with Crippen LogP contribution in [0, 0.1) is 17.2 Å². The summed E-state index contributed by atoms with van der Waals surface area (Å²) in [6.07, 6.45) is -0.479. The Hall–Kier alpha value is -1.42. The van der Waals surface area contributed by atoms with Gasteiger partial charge in [-0.3, -0.25) is 0 Å². The molecule has 1 unspecified atom stereocenters. The third-order valence-electron chi connectivity index (χ3n) is 3.01. The lowest BCUT2D eigenvalue weighted by Crippen LogP contribution is -2.33. The third kappa shape index (κ3) is 4.93. The first-order chi connectivity index (χ1) is 9.36. The molecular weight excluding hydrogens is 276 g/mol. The summed E-state index contributed by atoms with van der Waals surface area (Å²) in [5.41, 5.74) is 0.433. The number of aliphatic hydroxyl groups excluding tert-OH is 1. The van der Waals surface area contributed by atoms with Crippen LogP contribution in [0.1, 0.15) is 19.4 Å². The van der Waals surface area contributed by atoms with Crippen LogP contribution in [0.3, 0.4) is 0 Å². The first-order valence-corrected chi connectivity index (χ1v) is 8.13. The molecule has 6 heteroatoms. The summed E-state index contributed by atoms with van der Waals surface area (Å²) < 4.78 is 24.0. The van der Waals surface area contributed by atoms with Crippen molar-refractivity contribution in [2.24, 2.45) is 5.92 Å². The quantitative estimate of drug-likeness (QED) is 0.731. The largest absolute Gasteiger partial charge is 0.392 e. The Morgan fingerprint density at radius 2 is 1.90 bits per heavy atom. The van der Waals surface area contributed by atoms with Crippen LogP contribution in [0.15, 0.2) is 29.2 Å². The topological polar surface area (TPSA) is 90.2 Å². The molecule has 0 radical (unpaired) electrons. The smallest absolute Gasteiger partial charge is 0.179 e. The minimum atomic E-state index is -3.36. The lowest BCUT2D eigenvalue weighted by Gasteiger charge is -2.15. The van der Waals surface area contributed by atoms with Gasteiger partial charge in [-0.1, -0.05) is 13.8 Å². The minimum absolute atomic E-state index is 0.0380. The number of nitrogens with zero attached hydrogens (tertiary/aromatic N) is 1. The number of nitrogens with one attached hydrogen (secondary N) is 1. The van der Waals surface area contributed by atoms with Crippen molar-refractivity contribution in [3.05, 3.63) is 29.8 Å². The fourth-order valence-electron chi connectivity index (χ4n) is 1.55. The van der Waals surface area contributed by atoms with Crippen molar-refractivity contribution in [3.8, 4) is 6.07 Å². The fraction of sp³-hybridized carbons (Fsp3) is 0.500. The summed E-state index contributed by atoms with van der Waals surface area (Å²) in [6.45, 7) is 4.46. The van der Waals surface area contributed by atoms with E-state index >= 15 is 0 Å². The highest BCUT2D eigenvalue weighted by Crippen LogP contribution is 2.11. The van der Waals surface area contributed by atoms with E-state index in [0.29, 0.717) is 12.1 Å². The summed E-state index contributed by atoms with van der Waals surface area (Å²) in [7, 11) is -3.36. The Bertz CT molecular complexity index is 559. The molecule has 0 fully saturated rings. The van der Waals surface area contributed by atoms with Gasteiger partial charge in [-0.05, 0) is 30.2 Å². The maximum Gasteiger partial charge on any atom is 0.179 e. The Balaban J connectivity index is 2.51. The molecule has 1 atom stereocenters. The van der Waals surface area contributed by atoms with Gasteiger partial charge >= 0.3 is 0 Å². The predicted molar refractivity (Wildman–Crippen MR) is 76.9 cm³/mol. The van der Waals surface area contributed by atoms with E-state index in [1.807, 2.05) is 19.9 Å². The first-order valence-electron chi connectivity index (χ1n) is 6.48. The van der Waals surface area contributed by atoms with Crippen LogP contribution in [-0.2, 0) is 9.84 Å². The van der Waals surface area contributed by atoms with Crippen LogP contribution in [-0.4, -0.2) is 38.5 Å². The third-order valence-corrected chi connectivity index (χ3v) is 4.75. The monoisotopic (exact) mass is 296 g/mol. The van der Waals surface area contributed by atoms with Gasteiger partial charge in [0.15, 0.2) is 9.84 Å². The SMILES string of the molecule is CC(C)C(O)CNCCS(=O)(=O)c1ccc(C#N)cc1. The van der Waals surface area contributed by atoms with E-state index in [2.05, 4.69) is 5.32 Å². The lowest BCUT2D eigenvalue weighted by molar-refractivity contribution is 0.124. The lowest BCUT2D eigenvalue weighted by atomic mass is 10.1. The van der Waals surface area contributed by atoms with E-state index in [-0.39, 0.29) is 23.1 Å². The van der Waals surface area contributed by atoms with Crippen molar-refractivity contribution in [3.63, 3.8) is 0 Å². The zero-order chi connectivity index (χ0) is 15.2. The van der Waals surface area contributed by atoms with E-state index in [4.69, 9.17) is 5.26 Å². The molecule has 20 heavy (non-hydrogen) atoms. The number of sulfone groups is 1. The van der Waals surface area contributed by atoms with Crippen LogP contribution in [0.25, 0.3) is 0 Å². The van der Waals surface area contributed by atoms with Crippen molar-refractivity contribution in [2.75, 3.05) is 18.8 Å². The van der Waals surface area contributed by atoms with Gasteiger partial charge in [-0.15, -0.1) is 0 Å². The molecule has 0 saturated carbocycles. The molecule has 0 aliphatic rings. The van der Waals surface area contributed by atoms with Gasteiger partial charge in [0.25, 0.3) is 0 Å². The number of hydrogen-bond donors (Lipinski definition) is 2. The van der Waals surface area contributed by atoms with Crippen LogP contribution in [0.5, 0.6) is 0 Å². The molecule has 0 amide bonds. The molecule has 1 rings (SSSR count). The minimum Gasteiger partial charge on any atom is -0.392 e. The van der Waals surface area contributed by atoms with Gasteiger partial charge in [-0.2, -0.15) is 5.26 Å². The highest BCUT2D eigenvalue weighted by molar-refractivity contribution is 7.91. The Labute approximate surface area is 120 Å². The first kappa shape index (κ1) is 16.6. The fourth-order valence-corrected chi connectivity index (χ4v) is 2.75. The number of rotatable bonds is 7. The standard InChI is InChI=1S/C14H20N2O3S/c1-11(2)14(17)10-16-7-8-20(18,19)13-5-3-12(9-15)4-6-13/h3-6,11,14,16-17H,7-8,10H2,1-2H3. The number of aliphatic hydroxyl groups is 1. The van der Waals surface area contributed by atoms with Crippen molar-refractivity contribution in [1.82, 2.24) is 5.32 Å². The van der Waals surface area contributed by atoms with E-state index in [1.165, 1.54) is 24.3 Å². The molecular formula is C14H20N2O3S. The molecule has 0 aliphatic heterocycles. The van der Waals surface area contributed by atoms with Crippen LogP contribution >= 0.6 is 0 Å². The van der Waals surface area contributed by atoms with Crippen LogP contribution in [0.2, 0.25) is 0 Å². The summed E-state index contributed by atoms with van der Waals surface area (Å²) in [5, 5.41) is 21.2. The Kier molecular flexibility index (Phi) is 6.14. The van der Waals surface area contributed by atoms with E-state index in [9.17, 15) is 13.5 Å². The second kappa shape index (κ2) is 7.39. The molecule has 1 aromatic rings. The van der Waals surface area contributed by atoms with Gasteiger partial charge in [0.2, 0.25) is 0 Å². The predicted octanol–water partition coefficient (Wildman–Crippen LogP) is 0.938. The van der Waals surface area contributed by atoms with Gasteiger partial charge in [0, 0.05) is 13.1 Å². The van der Waals surface area contributed by atoms with Gasteiger partial charge in [-0.25, -0.2) is 8.42 Å². The summed E-state index contributed by atoms with van der Waals surface area (Å²) in [4.78, 5) is 0.211. The molecule has 0 heterocycles. The molecule has 0 spiro atoms. The number of benzene rings is 1. The van der Waals surface area contributed by atoms with Crippen molar-refractivity contribution in [2.45, 2.75) is 24.8 Å². The molecule has 0 bridgehead atoms. The second-order valence-electron chi connectivity index (χ2n) is 4.97. The highest BCUT2D eigenvalue weighted by Gasteiger charge is 2.14. The highest BCUT2D eigenvalue weighted by atomic mass is 32.2. The number of nitriles is 1. The molecule has 5 nitrogen and oxygen atoms in total. The summed E-state index contributed by atoms with van der Waals surface area (Å²) in [6, 6.07) is 7.81. The summed E-state index contributed by atoms with van der Waals surface area (Å²) in [5.74, 6) is 0.0987. The van der Waals surface area contributed by atoms with Crippen molar-refractivity contribution in [1.29, 1.82) is 5.26 Å². The van der Waals surface area contributed by atoms with Crippen LogP contribution < -0.4 is 5.32 Å². The normalized spacial score (nSPS) is 13.2. The molecule has 0 saturated heterocycles. The van der Waals surface area contributed by atoms with Crippen LogP contribution in [0.4, 0.5) is 0 Å². The Morgan fingerprint density at radius 1 is 1.30 bits per heavy atom. The van der Waals surface area contributed by atoms with E-state index < -0.39 is 15.9 Å². The zero-order valence-corrected chi connectivity index (χ0v) is 12.5. The van der Waals surface area contributed by atoms with E-state index in [0.717, 1.165) is 0 Å². The zero-order valence-electron chi connectivity index (χ0n) is 11.7. The summed E-state index contributed by atoms with van der Waals surface area (Å²) >= 11 is 0. The molecule has 0 aliphatic carbocycles. The van der Waals surface area contributed by atoms with Crippen molar-refractivity contribution >= 4 is 9.84 Å². The van der Waals surface area contributed by atoms with Gasteiger partial charge in [0.1, 0.15) is 0 Å².